The first-order valence-electron chi connectivity index (χ1n) is 5.39. The van der Waals surface area contributed by atoms with E-state index in [9.17, 15) is 14.3 Å². The van der Waals surface area contributed by atoms with Crippen LogP contribution < -0.4 is 5.32 Å². The smallest absolute Gasteiger partial charge is 0.251 e. The number of halogens is 2. The number of hydrogen-bond donors (Lipinski definition) is 2. The molecule has 1 aromatic carbocycles. The summed E-state index contributed by atoms with van der Waals surface area (Å²) in [6.45, 7) is 0. The highest BCUT2D eigenvalue weighted by Crippen LogP contribution is 2.31. The fourth-order valence-electron chi connectivity index (χ4n) is 1.60. The number of nitrogens with one attached hydrogen (secondary N) is 1. The number of pyridine rings is 1. The van der Waals surface area contributed by atoms with Crippen LogP contribution in [0, 0.1) is 5.82 Å². The van der Waals surface area contributed by atoms with Crippen molar-refractivity contribution in [3.8, 4) is 17.0 Å². The Bertz CT molecular complexity index is 647. The second-order valence-corrected chi connectivity index (χ2v) is 4.20. The Hall–Kier alpha value is -2.14. The Labute approximate surface area is 113 Å². The van der Waals surface area contributed by atoms with Gasteiger partial charge in [-0.25, -0.2) is 4.39 Å². The van der Waals surface area contributed by atoms with Gasteiger partial charge in [0.15, 0.2) is 0 Å². The third-order valence-electron chi connectivity index (χ3n) is 2.56. The van der Waals surface area contributed by atoms with Gasteiger partial charge in [0, 0.05) is 30.4 Å². The molecule has 0 radical (unpaired) electrons. The van der Waals surface area contributed by atoms with E-state index in [-0.39, 0.29) is 27.9 Å². The maximum atomic E-state index is 13.8. The number of amides is 1. The van der Waals surface area contributed by atoms with Gasteiger partial charge in [0.25, 0.3) is 5.91 Å². The zero-order valence-corrected chi connectivity index (χ0v) is 10.7. The molecule has 0 aliphatic carbocycles. The normalized spacial score (nSPS) is 10.3. The van der Waals surface area contributed by atoms with E-state index in [1.54, 1.807) is 0 Å². The van der Waals surface area contributed by atoms with Gasteiger partial charge in [-0.2, -0.15) is 0 Å². The second-order valence-electron chi connectivity index (χ2n) is 3.79. The average molecular weight is 281 g/mol. The molecule has 4 nitrogen and oxygen atoms in total. The highest BCUT2D eigenvalue weighted by atomic mass is 35.5. The van der Waals surface area contributed by atoms with Crippen molar-refractivity contribution in [1.82, 2.24) is 10.3 Å². The quantitative estimate of drug-likeness (QED) is 0.889. The zero-order chi connectivity index (χ0) is 14.0. The maximum Gasteiger partial charge on any atom is 0.251 e. The first-order valence-corrected chi connectivity index (χ1v) is 5.77. The molecule has 19 heavy (non-hydrogen) atoms. The summed E-state index contributed by atoms with van der Waals surface area (Å²) in [6.07, 6.45) is 1.40. The van der Waals surface area contributed by atoms with Crippen LogP contribution in [0.1, 0.15) is 10.4 Å². The standard InChI is InChI=1S/C13H10ClFN2O2/c1-16-13(19)7-2-3-17-11(4-7)8-5-9(14)12(18)6-10(8)15/h2-6,18H,1H3,(H,16,19). The van der Waals surface area contributed by atoms with Crippen LogP contribution in [-0.4, -0.2) is 23.0 Å². The van der Waals surface area contributed by atoms with E-state index in [0.717, 1.165) is 6.07 Å². The van der Waals surface area contributed by atoms with Gasteiger partial charge in [0.05, 0.1) is 10.7 Å². The molecule has 0 bridgehead atoms. The number of benzene rings is 1. The lowest BCUT2D eigenvalue weighted by Gasteiger charge is -2.06. The molecule has 1 aromatic heterocycles. The molecule has 0 aliphatic heterocycles. The third-order valence-corrected chi connectivity index (χ3v) is 2.86. The number of nitrogens with zero attached hydrogens (tertiary/aromatic N) is 1. The number of carbonyl (C=O) groups is 1. The van der Waals surface area contributed by atoms with Gasteiger partial charge in [0.2, 0.25) is 0 Å². The number of hydrogen-bond acceptors (Lipinski definition) is 3. The van der Waals surface area contributed by atoms with E-state index in [0.29, 0.717) is 5.56 Å². The Kier molecular flexibility index (Phi) is 3.66. The molecule has 6 heteroatoms. The van der Waals surface area contributed by atoms with Gasteiger partial charge in [-0.15, -0.1) is 0 Å². The van der Waals surface area contributed by atoms with Crippen molar-refractivity contribution in [2.75, 3.05) is 7.05 Å². The molecule has 0 fully saturated rings. The molecular weight excluding hydrogens is 271 g/mol. The van der Waals surface area contributed by atoms with Gasteiger partial charge in [-0.3, -0.25) is 9.78 Å². The molecule has 2 N–H and O–H groups in total. The highest BCUT2D eigenvalue weighted by Gasteiger charge is 2.13. The minimum absolute atomic E-state index is 0.0172. The predicted molar refractivity (Wildman–Crippen MR) is 69.7 cm³/mol. The number of phenolic OH excluding ortho intramolecular Hbond substituents is 1. The Morgan fingerprint density at radius 2 is 2.16 bits per heavy atom. The fourth-order valence-corrected chi connectivity index (χ4v) is 1.76. The largest absolute Gasteiger partial charge is 0.506 e. The van der Waals surface area contributed by atoms with Crippen molar-refractivity contribution in [3.05, 3.63) is 46.9 Å². The van der Waals surface area contributed by atoms with E-state index in [2.05, 4.69) is 10.3 Å². The van der Waals surface area contributed by atoms with Gasteiger partial charge in [-0.1, -0.05) is 11.6 Å². The molecule has 98 valence electrons. The van der Waals surface area contributed by atoms with E-state index in [1.807, 2.05) is 0 Å². The van der Waals surface area contributed by atoms with E-state index in [1.165, 1.54) is 31.4 Å². The molecule has 1 heterocycles. The van der Waals surface area contributed by atoms with Gasteiger partial charge in [-0.05, 0) is 18.2 Å². The van der Waals surface area contributed by atoms with Crippen LogP contribution in [0.3, 0.4) is 0 Å². The number of phenols is 1. The molecule has 0 saturated carbocycles. The van der Waals surface area contributed by atoms with Crippen molar-refractivity contribution in [1.29, 1.82) is 0 Å². The van der Waals surface area contributed by atoms with Crippen molar-refractivity contribution >= 4 is 17.5 Å². The number of rotatable bonds is 2. The maximum absolute atomic E-state index is 13.8. The second kappa shape index (κ2) is 5.24. The van der Waals surface area contributed by atoms with Gasteiger partial charge < -0.3 is 10.4 Å². The predicted octanol–water partition coefficient (Wildman–Crippen LogP) is 2.61. The minimum Gasteiger partial charge on any atom is -0.506 e. The Morgan fingerprint density at radius 1 is 1.42 bits per heavy atom. The molecule has 0 spiro atoms. The van der Waals surface area contributed by atoms with Crippen molar-refractivity contribution in [2.24, 2.45) is 0 Å². The van der Waals surface area contributed by atoms with Crippen molar-refractivity contribution < 1.29 is 14.3 Å². The SMILES string of the molecule is CNC(=O)c1ccnc(-c2cc(Cl)c(O)cc2F)c1. The third kappa shape index (κ3) is 2.66. The monoisotopic (exact) mass is 280 g/mol. The van der Waals surface area contributed by atoms with Crippen molar-refractivity contribution in [2.45, 2.75) is 0 Å². The minimum atomic E-state index is -0.663. The van der Waals surface area contributed by atoms with Crippen LogP contribution in [0.15, 0.2) is 30.5 Å². The summed E-state index contributed by atoms with van der Waals surface area (Å²) in [6, 6.07) is 5.14. The first-order chi connectivity index (χ1) is 9.02. The van der Waals surface area contributed by atoms with Gasteiger partial charge >= 0.3 is 0 Å². The van der Waals surface area contributed by atoms with Crippen LogP contribution in [0.4, 0.5) is 4.39 Å². The molecule has 0 unspecified atom stereocenters. The Morgan fingerprint density at radius 3 is 2.84 bits per heavy atom. The molecule has 1 amide bonds. The number of aromatic nitrogens is 1. The lowest BCUT2D eigenvalue weighted by molar-refractivity contribution is 0.0963. The number of carbonyl (C=O) groups excluding carboxylic acids is 1. The van der Waals surface area contributed by atoms with Crippen LogP contribution in [-0.2, 0) is 0 Å². The topological polar surface area (TPSA) is 62.2 Å². The van der Waals surface area contributed by atoms with E-state index < -0.39 is 5.82 Å². The summed E-state index contributed by atoms with van der Waals surface area (Å²) in [5.41, 5.74) is 0.741. The van der Waals surface area contributed by atoms with Crippen molar-refractivity contribution in [3.63, 3.8) is 0 Å². The zero-order valence-electron chi connectivity index (χ0n) is 9.95. The van der Waals surface area contributed by atoms with Crippen LogP contribution >= 0.6 is 11.6 Å². The summed E-state index contributed by atoms with van der Waals surface area (Å²) in [5, 5.41) is 11.8. The van der Waals surface area contributed by atoms with E-state index >= 15 is 0 Å². The fraction of sp³-hybridized carbons (Fsp3) is 0.0769. The first kappa shape index (κ1) is 13.3. The lowest BCUT2D eigenvalue weighted by Crippen LogP contribution is -2.17. The lowest BCUT2D eigenvalue weighted by atomic mass is 10.1. The number of aromatic hydroxyl groups is 1. The Balaban J connectivity index is 2.53. The molecule has 0 aliphatic rings. The highest BCUT2D eigenvalue weighted by molar-refractivity contribution is 6.32. The summed E-state index contributed by atoms with van der Waals surface area (Å²) in [7, 11) is 1.50. The summed E-state index contributed by atoms with van der Waals surface area (Å²) in [4.78, 5) is 15.5. The molecule has 2 rings (SSSR count). The average Bonchev–Trinajstić information content (AvgIpc) is 2.42. The van der Waals surface area contributed by atoms with E-state index in [4.69, 9.17) is 11.6 Å². The molecule has 2 aromatic rings. The van der Waals surface area contributed by atoms with Crippen LogP contribution in [0.2, 0.25) is 5.02 Å². The van der Waals surface area contributed by atoms with Gasteiger partial charge in [0.1, 0.15) is 11.6 Å². The summed E-state index contributed by atoms with van der Waals surface area (Å²) >= 11 is 5.74. The summed E-state index contributed by atoms with van der Waals surface area (Å²) < 4.78 is 13.8. The molecular formula is C13H10ClFN2O2. The molecule has 0 atom stereocenters. The van der Waals surface area contributed by atoms with Crippen LogP contribution in [0.5, 0.6) is 5.75 Å². The molecule has 0 saturated heterocycles. The van der Waals surface area contributed by atoms with Crippen LogP contribution in [0.25, 0.3) is 11.3 Å². The summed E-state index contributed by atoms with van der Waals surface area (Å²) in [5.74, 6) is -1.30.